The molecule has 1 amide bonds. The zero-order chi connectivity index (χ0) is 19.3. The summed E-state index contributed by atoms with van der Waals surface area (Å²) in [4.78, 5) is 37.3. The lowest BCUT2D eigenvalue weighted by atomic mass is 9.98. The van der Waals surface area contributed by atoms with Gasteiger partial charge in [0.2, 0.25) is 11.7 Å². The van der Waals surface area contributed by atoms with Gasteiger partial charge in [0.25, 0.3) is 0 Å². The number of nitro groups is 1. The normalized spacial score (nSPS) is 11.8. The minimum atomic E-state index is -0.999. The Bertz CT molecular complexity index is 830. The second-order valence-electron chi connectivity index (χ2n) is 6.06. The third kappa shape index (κ3) is 5.13. The number of hydrogen-bond acceptors (Lipinski definition) is 5. The Morgan fingerprint density at radius 2 is 2.12 bits per heavy atom. The number of aromatic nitrogens is 2. The van der Waals surface area contributed by atoms with E-state index in [4.69, 9.17) is 0 Å². The number of benzene rings is 1. The van der Waals surface area contributed by atoms with Crippen LogP contribution in [0.5, 0.6) is 0 Å². The summed E-state index contributed by atoms with van der Waals surface area (Å²) in [5.74, 6) is -2.20. The van der Waals surface area contributed by atoms with Crippen LogP contribution in [0.3, 0.4) is 0 Å². The highest BCUT2D eigenvalue weighted by molar-refractivity contribution is 5.77. The molecule has 1 atom stereocenters. The highest BCUT2D eigenvalue weighted by Gasteiger charge is 2.21. The number of carbonyl (C=O) groups excluding carboxylic acids is 1. The standard InChI is InChI=1S/C17H20N4O5/c1-11-4-3-5-13(6-11)7-14(17(23)24)8-18-16(22)10-20-9-15(21(25)26)19-12(20)2/h3-6,9,14H,7-8,10H2,1-2H3,(H,18,22)(H,23,24). The van der Waals surface area contributed by atoms with Gasteiger partial charge < -0.3 is 20.5 Å². The summed E-state index contributed by atoms with van der Waals surface area (Å²) in [6.07, 6.45) is 1.48. The summed E-state index contributed by atoms with van der Waals surface area (Å²) < 4.78 is 1.35. The van der Waals surface area contributed by atoms with E-state index in [-0.39, 0.29) is 18.9 Å². The van der Waals surface area contributed by atoms with Crippen molar-refractivity contribution in [3.8, 4) is 0 Å². The van der Waals surface area contributed by atoms with Crippen molar-refractivity contribution in [3.63, 3.8) is 0 Å². The number of carboxylic acid groups (broad SMARTS) is 1. The predicted molar refractivity (Wildman–Crippen MR) is 92.6 cm³/mol. The van der Waals surface area contributed by atoms with Gasteiger partial charge in [-0.05, 0) is 28.8 Å². The molecular weight excluding hydrogens is 340 g/mol. The quantitative estimate of drug-likeness (QED) is 0.542. The zero-order valence-corrected chi connectivity index (χ0v) is 14.5. The molecule has 26 heavy (non-hydrogen) atoms. The SMILES string of the molecule is Cc1cccc(CC(CNC(=O)Cn2cc([N+](=O)[O-])nc2C)C(=O)O)c1. The Hall–Kier alpha value is -3.23. The van der Waals surface area contributed by atoms with Crippen LogP contribution in [0.4, 0.5) is 5.82 Å². The molecule has 1 heterocycles. The van der Waals surface area contributed by atoms with Crippen molar-refractivity contribution in [3.05, 3.63) is 57.5 Å². The number of imidazole rings is 1. The summed E-state index contributed by atoms with van der Waals surface area (Å²) in [6, 6.07) is 7.54. The van der Waals surface area contributed by atoms with Gasteiger partial charge in [0.05, 0.1) is 5.92 Å². The van der Waals surface area contributed by atoms with Crippen molar-refractivity contribution in [1.82, 2.24) is 14.9 Å². The Morgan fingerprint density at radius 3 is 2.69 bits per heavy atom. The lowest BCUT2D eigenvalue weighted by Gasteiger charge is -2.14. The topological polar surface area (TPSA) is 127 Å². The van der Waals surface area contributed by atoms with Crippen LogP contribution in [0.15, 0.2) is 30.5 Å². The maximum absolute atomic E-state index is 12.1. The van der Waals surface area contributed by atoms with E-state index in [1.807, 2.05) is 31.2 Å². The number of carbonyl (C=O) groups is 2. The molecule has 0 aliphatic heterocycles. The molecule has 0 aliphatic rings. The molecule has 0 bridgehead atoms. The highest BCUT2D eigenvalue weighted by atomic mass is 16.6. The van der Waals surface area contributed by atoms with Crippen LogP contribution in [0.2, 0.25) is 0 Å². The van der Waals surface area contributed by atoms with E-state index < -0.39 is 22.7 Å². The number of aryl methyl sites for hydroxylation is 2. The summed E-state index contributed by atoms with van der Waals surface area (Å²) in [5.41, 5.74) is 1.92. The number of nitrogens with zero attached hydrogens (tertiary/aromatic N) is 3. The van der Waals surface area contributed by atoms with Gasteiger partial charge in [-0.15, -0.1) is 0 Å². The Labute approximate surface area is 149 Å². The van der Waals surface area contributed by atoms with Gasteiger partial charge in [-0.25, -0.2) is 0 Å². The lowest BCUT2D eigenvalue weighted by Crippen LogP contribution is -2.36. The van der Waals surface area contributed by atoms with Crippen LogP contribution in [-0.4, -0.2) is 38.0 Å². The number of aliphatic carboxylic acids is 1. The Balaban J connectivity index is 1.95. The minimum absolute atomic E-state index is 0.0298. The Kier molecular flexibility index (Phi) is 6.05. The van der Waals surface area contributed by atoms with E-state index in [1.165, 1.54) is 10.8 Å². The molecule has 9 nitrogen and oxygen atoms in total. The third-order valence-corrected chi connectivity index (χ3v) is 3.92. The zero-order valence-electron chi connectivity index (χ0n) is 14.5. The summed E-state index contributed by atoms with van der Waals surface area (Å²) in [7, 11) is 0. The first-order chi connectivity index (χ1) is 12.3. The first-order valence-corrected chi connectivity index (χ1v) is 7.99. The molecule has 1 aromatic carbocycles. The fourth-order valence-electron chi connectivity index (χ4n) is 2.56. The first kappa shape index (κ1) is 19.1. The van der Waals surface area contributed by atoms with Crippen molar-refractivity contribution in [2.24, 2.45) is 5.92 Å². The van der Waals surface area contributed by atoms with E-state index in [9.17, 15) is 24.8 Å². The van der Waals surface area contributed by atoms with Gasteiger partial charge in [-0.2, -0.15) is 0 Å². The van der Waals surface area contributed by atoms with E-state index in [0.29, 0.717) is 12.2 Å². The number of rotatable bonds is 8. The van der Waals surface area contributed by atoms with Crippen molar-refractivity contribution in [1.29, 1.82) is 0 Å². The molecule has 1 aromatic heterocycles. The largest absolute Gasteiger partial charge is 0.481 e. The summed E-state index contributed by atoms with van der Waals surface area (Å²) in [5, 5.41) is 22.7. The average Bonchev–Trinajstić information content (AvgIpc) is 2.92. The molecule has 2 rings (SSSR count). The average molecular weight is 360 g/mol. The molecule has 138 valence electrons. The summed E-state index contributed by atoms with van der Waals surface area (Å²) in [6.45, 7) is 3.28. The fraction of sp³-hybridized carbons (Fsp3) is 0.353. The van der Waals surface area contributed by atoms with Gasteiger partial charge in [-0.1, -0.05) is 29.8 Å². The fourth-order valence-corrected chi connectivity index (χ4v) is 2.56. The molecule has 2 aromatic rings. The van der Waals surface area contributed by atoms with Gasteiger partial charge >= 0.3 is 11.8 Å². The number of amides is 1. The smallest absolute Gasteiger partial charge is 0.381 e. The van der Waals surface area contributed by atoms with Crippen molar-refractivity contribution >= 4 is 17.7 Å². The van der Waals surface area contributed by atoms with Crippen molar-refractivity contribution in [2.45, 2.75) is 26.8 Å². The molecule has 9 heteroatoms. The van der Waals surface area contributed by atoms with Crippen molar-refractivity contribution in [2.75, 3.05) is 6.54 Å². The van der Waals surface area contributed by atoms with E-state index in [2.05, 4.69) is 10.3 Å². The second-order valence-corrected chi connectivity index (χ2v) is 6.06. The van der Waals surface area contributed by atoms with Crippen LogP contribution in [0.25, 0.3) is 0 Å². The van der Waals surface area contributed by atoms with E-state index in [0.717, 1.165) is 11.1 Å². The molecular formula is C17H20N4O5. The Morgan fingerprint density at radius 1 is 1.38 bits per heavy atom. The highest BCUT2D eigenvalue weighted by Crippen LogP contribution is 2.12. The van der Waals surface area contributed by atoms with Crippen LogP contribution < -0.4 is 5.32 Å². The molecule has 0 saturated heterocycles. The molecule has 0 spiro atoms. The first-order valence-electron chi connectivity index (χ1n) is 7.99. The maximum atomic E-state index is 12.1. The number of nitrogens with one attached hydrogen (secondary N) is 1. The number of carboxylic acids is 1. The van der Waals surface area contributed by atoms with E-state index in [1.54, 1.807) is 6.92 Å². The molecule has 0 fully saturated rings. The van der Waals surface area contributed by atoms with Crippen LogP contribution in [0, 0.1) is 29.9 Å². The molecule has 0 aliphatic carbocycles. The predicted octanol–water partition coefficient (Wildman–Crippen LogP) is 1.47. The van der Waals surface area contributed by atoms with E-state index >= 15 is 0 Å². The monoisotopic (exact) mass is 360 g/mol. The van der Waals surface area contributed by atoms with Crippen LogP contribution in [-0.2, 0) is 22.6 Å². The lowest BCUT2D eigenvalue weighted by molar-refractivity contribution is -0.389. The molecule has 2 N–H and O–H groups in total. The minimum Gasteiger partial charge on any atom is -0.481 e. The summed E-state index contributed by atoms with van der Waals surface area (Å²) >= 11 is 0. The van der Waals surface area contributed by atoms with Gasteiger partial charge in [0, 0.05) is 13.5 Å². The maximum Gasteiger partial charge on any atom is 0.381 e. The second kappa shape index (κ2) is 8.24. The molecule has 0 radical (unpaired) electrons. The van der Waals surface area contributed by atoms with Crippen LogP contribution in [0.1, 0.15) is 17.0 Å². The third-order valence-electron chi connectivity index (χ3n) is 3.92. The van der Waals surface area contributed by atoms with Crippen LogP contribution >= 0.6 is 0 Å². The van der Waals surface area contributed by atoms with Gasteiger partial charge in [0.15, 0.2) is 0 Å². The van der Waals surface area contributed by atoms with Crippen molar-refractivity contribution < 1.29 is 19.6 Å². The van der Waals surface area contributed by atoms with Gasteiger partial charge in [-0.3, -0.25) is 14.2 Å². The number of hydrogen-bond donors (Lipinski definition) is 2. The molecule has 1 unspecified atom stereocenters. The van der Waals surface area contributed by atoms with Gasteiger partial charge in [0.1, 0.15) is 12.7 Å². The molecule has 0 saturated carbocycles.